The lowest BCUT2D eigenvalue weighted by atomic mass is 9.96. The molecular weight excluding hydrogens is 414 g/mol. The van der Waals surface area contributed by atoms with E-state index in [9.17, 15) is 4.79 Å². The van der Waals surface area contributed by atoms with Gasteiger partial charge in [-0.25, -0.2) is 0 Å². The van der Waals surface area contributed by atoms with Gasteiger partial charge in [-0.3, -0.25) is 9.78 Å². The fourth-order valence-corrected chi connectivity index (χ4v) is 4.67. The number of carbonyl (C=O) groups excluding carboxylic acids is 1. The number of aromatic nitrogens is 1. The summed E-state index contributed by atoms with van der Waals surface area (Å²) >= 11 is 0. The molecule has 0 spiro atoms. The Bertz CT molecular complexity index is 966. The van der Waals surface area contributed by atoms with Gasteiger partial charge in [0.2, 0.25) is 5.91 Å². The summed E-state index contributed by atoms with van der Waals surface area (Å²) in [5.74, 6) is 0.609. The highest BCUT2D eigenvalue weighted by molar-refractivity contribution is 6.74. The number of carbonyl (C=O) groups is 1. The molecular formula is C26H39N3O2Si. The minimum atomic E-state index is -1.80. The number of aryl methyl sites for hydroxylation is 1. The van der Waals surface area contributed by atoms with Crippen LogP contribution in [0.3, 0.4) is 0 Å². The zero-order valence-electron chi connectivity index (χ0n) is 21.0. The van der Waals surface area contributed by atoms with E-state index >= 15 is 0 Å². The average Bonchev–Trinajstić information content (AvgIpc) is 2.72. The molecule has 0 aliphatic carbocycles. The van der Waals surface area contributed by atoms with E-state index < -0.39 is 8.32 Å². The van der Waals surface area contributed by atoms with E-state index in [1.807, 2.05) is 25.5 Å². The highest BCUT2D eigenvalue weighted by Gasteiger charge is 2.37. The average molecular weight is 454 g/mol. The third kappa shape index (κ3) is 5.41. The van der Waals surface area contributed by atoms with Crippen molar-refractivity contribution in [3.05, 3.63) is 42.2 Å². The lowest BCUT2D eigenvalue weighted by molar-refractivity contribution is -0.118. The smallest absolute Gasteiger partial charge is 0.227 e. The molecule has 3 rings (SSSR count). The van der Waals surface area contributed by atoms with E-state index in [4.69, 9.17) is 4.43 Å². The predicted octanol–water partition coefficient (Wildman–Crippen LogP) is 6.12. The summed E-state index contributed by atoms with van der Waals surface area (Å²) in [5, 5.41) is 3.87. The van der Waals surface area contributed by atoms with Crippen LogP contribution < -0.4 is 10.2 Å². The summed E-state index contributed by atoms with van der Waals surface area (Å²) in [5.41, 5.74) is 5.43. The van der Waals surface area contributed by atoms with Crippen LogP contribution in [-0.4, -0.2) is 38.9 Å². The molecule has 32 heavy (non-hydrogen) atoms. The third-order valence-electron chi connectivity index (χ3n) is 7.08. The number of nitrogens with zero attached hydrogens (tertiary/aromatic N) is 2. The molecule has 6 heteroatoms. The molecule has 0 radical (unpaired) electrons. The topological polar surface area (TPSA) is 54.5 Å². The van der Waals surface area contributed by atoms with Gasteiger partial charge in [0.15, 0.2) is 8.32 Å². The van der Waals surface area contributed by atoms with Crippen LogP contribution in [0.25, 0.3) is 11.1 Å². The number of nitrogens with one attached hydrogen (secondary N) is 1. The Morgan fingerprint density at radius 2 is 1.84 bits per heavy atom. The Hall–Kier alpha value is -2.18. The number of hydrogen-bond acceptors (Lipinski definition) is 4. The largest absolute Gasteiger partial charge is 0.415 e. The molecule has 1 aliphatic heterocycles. The minimum Gasteiger partial charge on any atom is -0.415 e. The molecule has 0 saturated carbocycles. The molecule has 0 bridgehead atoms. The van der Waals surface area contributed by atoms with Crippen LogP contribution in [0, 0.1) is 5.92 Å². The summed E-state index contributed by atoms with van der Waals surface area (Å²) in [4.78, 5) is 18.2. The van der Waals surface area contributed by atoms with Crippen LogP contribution in [-0.2, 0) is 15.6 Å². The molecule has 174 valence electrons. The van der Waals surface area contributed by atoms with Crippen LogP contribution in [0.1, 0.15) is 46.6 Å². The molecule has 5 nitrogen and oxygen atoms in total. The predicted molar refractivity (Wildman–Crippen MR) is 137 cm³/mol. The Balaban J connectivity index is 1.77. The molecule has 1 aliphatic rings. The minimum absolute atomic E-state index is 0.178. The van der Waals surface area contributed by atoms with Gasteiger partial charge < -0.3 is 14.6 Å². The zero-order valence-corrected chi connectivity index (χ0v) is 22.0. The van der Waals surface area contributed by atoms with Crippen molar-refractivity contribution in [1.82, 2.24) is 4.98 Å². The first-order chi connectivity index (χ1) is 14.9. The maximum Gasteiger partial charge on any atom is 0.227 e. The lowest BCUT2D eigenvalue weighted by Crippen LogP contribution is -2.44. The Morgan fingerprint density at radius 3 is 2.50 bits per heavy atom. The molecule has 1 N–H and O–H groups in total. The van der Waals surface area contributed by atoms with Crippen molar-refractivity contribution >= 4 is 25.6 Å². The van der Waals surface area contributed by atoms with Crippen molar-refractivity contribution in [2.24, 2.45) is 5.92 Å². The highest BCUT2D eigenvalue weighted by atomic mass is 28.4. The Kier molecular flexibility index (Phi) is 7.15. The maximum absolute atomic E-state index is 12.0. The van der Waals surface area contributed by atoms with Crippen LogP contribution >= 0.6 is 0 Å². The second-order valence-electron chi connectivity index (χ2n) is 10.8. The standard InChI is InChI=1S/C26H39N3O2Si/c1-18(2)23(17-31-32(7,8)26(3,4)5)28-22-14-21(15-27-16-22)19-9-11-24-20(13-19)10-12-25(30)29(24)6/h9,11,13-16,18,23,28H,10,12,17H2,1-8H3. The number of benzene rings is 1. The van der Waals surface area contributed by atoms with Crippen LogP contribution in [0.5, 0.6) is 0 Å². The molecule has 0 fully saturated rings. The lowest BCUT2D eigenvalue weighted by Gasteiger charge is -2.38. The van der Waals surface area contributed by atoms with Gasteiger partial charge in [-0.1, -0.05) is 40.7 Å². The van der Waals surface area contributed by atoms with E-state index in [-0.39, 0.29) is 17.0 Å². The highest BCUT2D eigenvalue weighted by Crippen LogP contribution is 2.37. The summed E-state index contributed by atoms with van der Waals surface area (Å²) in [6, 6.07) is 8.69. The van der Waals surface area contributed by atoms with E-state index in [0.717, 1.165) is 28.9 Å². The number of rotatable bonds is 7. The van der Waals surface area contributed by atoms with Gasteiger partial charge in [-0.15, -0.1) is 0 Å². The Labute approximate surface area is 194 Å². The van der Waals surface area contributed by atoms with Crippen LogP contribution in [0.2, 0.25) is 18.1 Å². The van der Waals surface area contributed by atoms with Crippen molar-refractivity contribution in [1.29, 1.82) is 0 Å². The van der Waals surface area contributed by atoms with Crippen molar-refractivity contribution in [2.45, 2.75) is 71.6 Å². The summed E-state index contributed by atoms with van der Waals surface area (Å²) in [7, 11) is 0.0486. The van der Waals surface area contributed by atoms with E-state index in [2.05, 4.69) is 76.2 Å². The normalized spacial score (nSPS) is 15.7. The monoisotopic (exact) mass is 453 g/mol. The number of hydrogen-bond donors (Lipinski definition) is 1. The van der Waals surface area contributed by atoms with E-state index in [1.165, 1.54) is 5.56 Å². The van der Waals surface area contributed by atoms with E-state index in [0.29, 0.717) is 18.9 Å². The van der Waals surface area contributed by atoms with Crippen molar-refractivity contribution in [3.8, 4) is 11.1 Å². The van der Waals surface area contributed by atoms with Gasteiger partial charge >= 0.3 is 0 Å². The van der Waals surface area contributed by atoms with Crippen molar-refractivity contribution in [2.75, 3.05) is 23.9 Å². The fourth-order valence-electron chi connectivity index (χ4n) is 3.64. The molecule has 1 unspecified atom stereocenters. The molecule has 2 aromatic rings. The molecule has 1 atom stereocenters. The maximum atomic E-state index is 12.0. The van der Waals surface area contributed by atoms with Crippen LogP contribution in [0.4, 0.5) is 11.4 Å². The first-order valence-electron chi connectivity index (χ1n) is 11.6. The third-order valence-corrected chi connectivity index (χ3v) is 11.6. The zero-order chi connectivity index (χ0) is 23.7. The summed E-state index contributed by atoms with van der Waals surface area (Å²) < 4.78 is 6.51. The first-order valence-corrected chi connectivity index (χ1v) is 14.6. The van der Waals surface area contributed by atoms with E-state index in [1.54, 1.807) is 4.90 Å². The van der Waals surface area contributed by atoms with Gasteiger partial charge in [-0.2, -0.15) is 0 Å². The van der Waals surface area contributed by atoms with Crippen LogP contribution in [0.15, 0.2) is 36.7 Å². The molecule has 1 amide bonds. The van der Waals surface area contributed by atoms with Gasteiger partial charge in [0.1, 0.15) is 0 Å². The summed E-state index contributed by atoms with van der Waals surface area (Å²) in [6.45, 7) is 16.6. The number of fused-ring (bicyclic) bond motifs is 1. The fraction of sp³-hybridized carbons (Fsp3) is 0.538. The molecule has 2 heterocycles. The van der Waals surface area contributed by atoms with Gasteiger partial charge in [0.25, 0.3) is 0 Å². The number of pyridine rings is 1. The SMILES string of the molecule is CC(C)C(CO[Si](C)(C)C(C)(C)C)Nc1cncc(-c2ccc3c(c2)CCC(=O)N3C)c1. The number of anilines is 2. The molecule has 1 aromatic heterocycles. The second-order valence-corrected chi connectivity index (χ2v) is 15.6. The number of amides is 1. The first kappa shape index (κ1) is 24.5. The Morgan fingerprint density at radius 1 is 1.12 bits per heavy atom. The van der Waals surface area contributed by atoms with Gasteiger partial charge in [0, 0.05) is 37.1 Å². The molecule has 0 saturated heterocycles. The van der Waals surface area contributed by atoms with Gasteiger partial charge in [0.05, 0.1) is 18.3 Å². The quantitative estimate of drug-likeness (QED) is 0.513. The second kappa shape index (κ2) is 9.36. The molecule has 1 aromatic carbocycles. The summed E-state index contributed by atoms with van der Waals surface area (Å²) in [6.07, 6.45) is 5.15. The van der Waals surface area contributed by atoms with Crippen molar-refractivity contribution in [3.63, 3.8) is 0 Å². The van der Waals surface area contributed by atoms with Crippen molar-refractivity contribution < 1.29 is 9.22 Å². The van der Waals surface area contributed by atoms with Gasteiger partial charge in [-0.05, 0) is 59.8 Å².